The van der Waals surface area contributed by atoms with Crippen molar-refractivity contribution in [3.63, 3.8) is 0 Å². The van der Waals surface area contributed by atoms with Gasteiger partial charge in [-0.25, -0.2) is 4.98 Å². The van der Waals surface area contributed by atoms with E-state index in [-0.39, 0.29) is 6.71 Å². The molecule has 0 unspecified atom stereocenters. The Morgan fingerprint density at radius 1 is 0.595 bits per heavy atom. The predicted molar refractivity (Wildman–Crippen MR) is 156 cm³/mol. The summed E-state index contributed by atoms with van der Waals surface area (Å²) in [5.74, 6) is 0.955. The first kappa shape index (κ1) is 19.4. The smallest absolute Gasteiger partial charge is 0.246 e. The molecule has 1 aliphatic heterocycles. The average molecular weight is 469 g/mol. The molecule has 37 heavy (non-hydrogen) atoms. The molecule has 4 heteroatoms. The highest BCUT2D eigenvalue weighted by Crippen LogP contribution is 2.37. The van der Waals surface area contributed by atoms with E-state index in [0.717, 1.165) is 16.8 Å². The quantitative estimate of drug-likeness (QED) is 0.175. The highest BCUT2D eigenvalue weighted by atomic mass is 15.2. The number of rotatable bonds is 1. The van der Waals surface area contributed by atoms with Crippen molar-refractivity contribution in [2.24, 2.45) is 0 Å². The van der Waals surface area contributed by atoms with Crippen LogP contribution < -0.4 is 16.4 Å². The first-order chi connectivity index (χ1) is 18.4. The van der Waals surface area contributed by atoms with E-state index in [1.54, 1.807) is 0 Å². The van der Waals surface area contributed by atoms with Gasteiger partial charge in [-0.3, -0.25) is 8.97 Å². The van der Waals surface area contributed by atoms with Crippen LogP contribution in [0.1, 0.15) is 0 Å². The Morgan fingerprint density at radius 2 is 1.38 bits per heavy atom. The fourth-order valence-electron chi connectivity index (χ4n) is 6.67. The summed E-state index contributed by atoms with van der Waals surface area (Å²) in [4.78, 5) is 5.23. The first-order valence-corrected chi connectivity index (χ1v) is 12.8. The molecule has 1 aliphatic rings. The first-order valence-electron chi connectivity index (χ1n) is 12.8. The number of nitrogens with zero attached hydrogens (tertiary/aromatic N) is 3. The van der Waals surface area contributed by atoms with Gasteiger partial charge in [-0.15, -0.1) is 0 Å². The van der Waals surface area contributed by atoms with Gasteiger partial charge in [0.1, 0.15) is 0 Å². The van der Waals surface area contributed by atoms with Gasteiger partial charge in [0.05, 0.1) is 22.1 Å². The van der Waals surface area contributed by atoms with E-state index < -0.39 is 0 Å². The molecule has 0 radical (unpaired) electrons. The standard InChI is InChI=1S/C33H20BN3/c1-2-11-22(12-3-1)34-25-14-6-8-16-28(25)37-32-26(34)19-18-24-23-13-5-4-10-21(23)20-30(31(24)32)36-29-17-9-7-15-27(29)35-33(36)37/h1-20H. The zero-order valence-electron chi connectivity index (χ0n) is 20.0. The third kappa shape index (κ3) is 2.40. The van der Waals surface area contributed by atoms with Gasteiger partial charge < -0.3 is 0 Å². The Morgan fingerprint density at radius 3 is 2.32 bits per heavy atom. The van der Waals surface area contributed by atoms with Gasteiger partial charge in [0.25, 0.3) is 0 Å². The molecule has 3 heterocycles. The molecule has 8 aromatic rings. The summed E-state index contributed by atoms with van der Waals surface area (Å²) in [6.07, 6.45) is 0. The molecule has 0 saturated carbocycles. The van der Waals surface area contributed by atoms with Gasteiger partial charge in [-0.1, -0.05) is 103 Å². The van der Waals surface area contributed by atoms with Crippen molar-refractivity contribution < 1.29 is 0 Å². The predicted octanol–water partition coefficient (Wildman–Crippen LogP) is 5.57. The van der Waals surface area contributed by atoms with Crippen LogP contribution in [0.5, 0.6) is 0 Å². The van der Waals surface area contributed by atoms with Crippen molar-refractivity contribution in [3.05, 3.63) is 121 Å². The highest BCUT2D eigenvalue weighted by Gasteiger charge is 2.34. The van der Waals surface area contributed by atoms with Crippen LogP contribution in [0.15, 0.2) is 121 Å². The second-order valence-electron chi connectivity index (χ2n) is 10.0. The lowest BCUT2D eigenvalue weighted by Gasteiger charge is -2.30. The monoisotopic (exact) mass is 469 g/mol. The van der Waals surface area contributed by atoms with E-state index in [2.05, 4.69) is 130 Å². The molecule has 0 aliphatic carbocycles. The largest absolute Gasteiger partial charge is 0.281 e. The van der Waals surface area contributed by atoms with Crippen LogP contribution in [0.3, 0.4) is 0 Å². The van der Waals surface area contributed by atoms with Gasteiger partial charge in [0.15, 0.2) is 0 Å². The van der Waals surface area contributed by atoms with Crippen LogP contribution in [0.25, 0.3) is 55.1 Å². The average Bonchev–Trinajstić information content (AvgIpc) is 3.35. The maximum atomic E-state index is 5.23. The normalized spacial score (nSPS) is 12.8. The Balaban J connectivity index is 1.62. The molecule has 2 aromatic heterocycles. The third-order valence-corrected chi connectivity index (χ3v) is 8.15. The Bertz CT molecular complexity index is 2200. The summed E-state index contributed by atoms with van der Waals surface area (Å²) in [6.45, 7) is 0.156. The lowest BCUT2D eigenvalue weighted by Crippen LogP contribution is -2.56. The fraction of sp³-hybridized carbons (Fsp3) is 0. The number of hydrogen-bond donors (Lipinski definition) is 0. The van der Waals surface area contributed by atoms with Crippen molar-refractivity contribution in [2.75, 3.05) is 0 Å². The van der Waals surface area contributed by atoms with E-state index in [1.165, 1.54) is 54.7 Å². The molecule has 0 saturated heterocycles. The number of fused-ring (bicyclic) bond motifs is 9. The lowest BCUT2D eigenvalue weighted by atomic mass is 9.35. The number of hydrogen-bond acceptors (Lipinski definition) is 1. The number of aromatic nitrogens is 3. The maximum Gasteiger partial charge on any atom is 0.246 e. The van der Waals surface area contributed by atoms with Crippen molar-refractivity contribution in [2.45, 2.75) is 0 Å². The summed E-state index contributed by atoms with van der Waals surface area (Å²) in [5.41, 5.74) is 9.75. The van der Waals surface area contributed by atoms with Crippen LogP contribution in [-0.2, 0) is 0 Å². The van der Waals surface area contributed by atoms with E-state index in [0.29, 0.717) is 0 Å². The zero-order chi connectivity index (χ0) is 24.1. The summed E-state index contributed by atoms with van der Waals surface area (Å²) >= 11 is 0. The van der Waals surface area contributed by atoms with E-state index in [4.69, 9.17) is 4.98 Å². The molecule has 170 valence electrons. The SMILES string of the molecule is c1ccc(B2c3ccccc3-n3c4c2ccc2c5ccccc5cc(c24)n2c4ccccc4nc32)cc1. The van der Waals surface area contributed by atoms with Crippen LogP contribution in [-0.4, -0.2) is 20.7 Å². The lowest BCUT2D eigenvalue weighted by molar-refractivity contribution is 1.07. The zero-order valence-corrected chi connectivity index (χ0v) is 20.0. The number of imidazole rings is 1. The van der Waals surface area contributed by atoms with Crippen LogP contribution in [0.2, 0.25) is 0 Å². The van der Waals surface area contributed by atoms with Gasteiger partial charge in [-0.2, -0.15) is 0 Å². The topological polar surface area (TPSA) is 22.2 Å². The molecular formula is C33H20BN3. The van der Waals surface area contributed by atoms with Crippen molar-refractivity contribution >= 4 is 72.5 Å². The highest BCUT2D eigenvalue weighted by molar-refractivity contribution is 6.98. The summed E-state index contributed by atoms with van der Waals surface area (Å²) < 4.78 is 4.77. The number of para-hydroxylation sites is 3. The van der Waals surface area contributed by atoms with E-state index in [1.807, 2.05) is 0 Å². The number of benzene rings is 6. The van der Waals surface area contributed by atoms with Crippen molar-refractivity contribution in [1.29, 1.82) is 0 Å². The van der Waals surface area contributed by atoms with Crippen LogP contribution in [0.4, 0.5) is 0 Å². The van der Waals surface area contributed by atoms with Gasteiger partial charge in [0.2, 0.25) is 12.5 Å². The van der Waals surface area contributed by atoms with Crippen molar-refractivity contribution in [3.8, 4) is 5.69 Å². The van der Waals surface area contributed by atoms with E-state index >= 15 is 0 Å². The molecule has 0 N–H and O–H groups in total. The third-order valence-electron chi connectivity index (χ3n) is 8.15. The van der Waals surface area contributed by atoms with E-state index in [9.17, 15) is 0 Å². The van der Waals surface area contributed by atoms with Crippen LogP contribution in [0, 0.1) is 0 Å². The van der Waals surface area contributed by atoms with Gasteiger partial charge >= 0.3 is 0 Å². The molecule has 0 atom stereocenters. The maximum absolute atomic E-state index is 5.23. The molecule has 6 aromatic carbocycles. The summed E-state index contributed by atoms with van der Waals surface area (Å²) in [7, 11) is 0. The fourth-order valence-corrected chi connectivity index (χ4v) is 6.67. The Kier molecular flexibility index (Phi) is 3.61. The van der Waals surface area contributed by atoms with Gasteiger partial charge in [0, 0.05) is 11.1 Å². The second kappa shape index (κ2) is 6.89. The molecule has 0 fully saturated rings. The van der Waals surface area contributed by atoms with Crippen LogP contribution >= 0.6 is 0 Å². The Labute approximate surface area is 213 Å². The molecule has 0 amide bonds. The Hall–Kier alpha value is -4.83. The van der Waals surface area contributed by atoms with Crippen molar-refractivity contribution in [1.82, 2.24) is 14.0 Å². The molecule has 9 rings (SSSR count). The molecular weight excluding hydrogens is 449 g/mol. The minimum atomic E-state index is 0.156. The minimum absolute atomic E-state index is 0.156. The minimum Gasteiger partial charge on any atom is -0.281 e. The molecule has 3 nitrogen and oxygen atoms in total. The summed E-state index contributed by atoms with van der Waals surface area (Å²) in [5, 5.41) is 5.11. The molecule has 0 bridgehead atoms. The summed E-state index contributed by atoms with van der Waals surface area (Å²) in [6, 6.07) is 44.0. The van der Waals surface area contributed by atoms with Gasteiger partial charge in [-0.05, 0) is 51.3 Å². The second-order valence-corrected chi connectivity index (χ2v) is 10.0. The molecule has 0 spiro atoms.